The predicted molar refractivity (Wildman–Crippen MR) is 98.3 cm³/mol. The minimum absolute atomic E-state index is 0.626. The summed E-state index contributed by atoms with van der Waals surface area (Å²) in [6.07, 6.45) is 2.06. The zero-order chi connectivity index (χ0) is 16.7. The van der Waals surface area contributed by atoms with Gasteiger partial charge in [0, 0.05) is 34.8 Å². The third kappa shape index (κ3) is 2.07. The number of nitrogens with zero attached hydrogens (tertiary/aromatic N) is 1. The summed E-state index contributed by atoms with van der Waals surface area (Å²) in [5.41, 5.74) is 8.63. The number of methoxy groups -OCH3 is 2. The molecule has 0 aliphatic heterocycles. The van der Waals surface area contributed by atoms with Crippen molar-refractivity contribution in [3.63, 3.8) is 0 Å². The lowest BCUT2D eigenvalue weighted by molar-refractivity contribution is 0.417. The van der Waals surface area contributed by atoms with Crippen molar-refractivity contribution in [3.8, 4) is 17.2 Å². The Morgan fingerprint density at radius 2 is 1.54 bits per heavy atom. The van der Waals surface area contributed by atoms with Crippen LogP contribution in [-0.2, 0) is 0 Å². The standard InChI is InChI=1S/C20H18N2O2/c1-23-19-12-18-15(14-5-3-4-6-16(14)19)9-10-22(18)13-7-8-17(21)20(11-13)24-2/h3-12H,21H2,1-2H3. The van der Waals surface area contributed by atoms with Gasteiger partial charge in [0.05, 0.1) is 25.4 Å². The molecule has 0 saturated heterocycles. The van der Waals surface area contributed by atoms with E-state index in [0.717, 1.165) is 22.3 Å². The van der Waals surface area contributed by atoms with Crippen LogP contribution < -0.4 is 15.2 Å². The number of nitrogens with two attached hydrogens (primary N) is 1. The lowest BCUT2D eigenvalue weighted by Gasteiger charge is -2.12. The molecule has 120 valence electrons. The van der Waals surface area contributed by atoms with Crippen LogP contribution in [0.25, 0.3) is 27.4 Å². The average Bonchev–Trinajstić information content (AvgIpc) is 3.05. The predicted octanol–water partition coefficient (Wildman–Crippen LogP) is 4.38. The van der Waals surface area contributed by atoms with E-state index in [9.17, 15) is 0 Å². The summed E-state index contributed by atoms with van der Waals surface area (Å²) in [7, 11) is 3.33. The lowest BCUT2D eigenvalue weighted by Crippen LogP contribution is -1.97. The van der Waals surface area contributed by atoms with Crippen LogP contribution in [0.15, 0.2) is 60.8 Å². The quantitative estimate of drug-likeness (QED) is 0.570. The molecule has 1 aromatic heterocycles. The van der Waals surface area contributed by atoms with Crippen molar-refractivity contribution in [1.82, 2.24) is 4.57 Å². The van der Waals surface area contributed by atoms with E-state index in [0.29, 0.717) is 11.4 Å². The van der Waals surface area contributed by atoms with Gasteiger partial charge in [-0.25, -0.2) is 0 Å². The number of fused-ring (bicyclic) bond motifs is 3. The number of ether oxygens (including phenoxy) is 2. The van der Waals surface area contributed by atoms with E-state index in [2.05, 4.69) is 35.0 Å². The Morgan fingerprint density at radius 1 is 0.792 bits per heavy atom. The van der Waals surface area contributed by atoms with Gasteiger partial charge < -0.3 is 19.8 Å². The highest BCUT2D eigenvalue weighted by molar-refractivity contribution is 6.10. The Labute approximate surface area is 140 Å². The molecule has 3 aromatic carbocycles. The highest BCUT2D eigenvalue weighted by atomic mass is 16.5. The zero-order valence-electron chi connectivity index (χ0n) is 13.6. The third-order valence-electron chi connectivity index (χ3n) is 4.39. The van der Waals surface area contributed by atoms with Crippen molar-refractivity contribution in [1.29, 1.82) is 0 Å². The Hall–Kier alpha value is -3.14. The molecule has 0 radical (unpaired) electrons. The number of hydrogen-bond acceptors (Lipinski definition) is 3. The smallest absolute Gasteiger partial charge is 0.143 e. The Balaban J connectivity index is 2.03. The fourth-order valence-corrected chi connectivity index (χ4v) is 3.20. The van der Waals surface area contributed by atoms with Gasteiger partial charge in [0.2, 0.25) is 0 Å². The number of nitrogen functional groups attached to an aromatic ring is 1. The van der Waals surface area contributed by atoms with Crippen molar-refractivity contribution in [2.75, 3.05) is 20.0 Å². The molecule has 4 nitrogen and oxygen atoms in total. The molecular formula is C20H18N2O2. The van der Waals surface area contributed by atoms with E-state index in [-0.39, 0.29) is 0 Å². The Kier molecular flexibility index (Phi) is 3.31. The summed E-state index contributed by atoms with van der Waals surface area (Å²) in [4.78, 5) is 0. The van der Waals surface area contributed by atoms with Crippen molar-refractivity contribution in [2.45, 2.75) is 0 Å². The maximum Gasteiger partial charge on any atom is 0.143 e. The summed E-state index contributed by atoms with van der Waals surface area (Å²) in [5.74, 6) is 1.53. The lowest BCUT2D eigenvalue weighted by atomic mass is 10.1. The molecule has 0 bridgehead atoms. The molecule has 0 atom stereocenters. The summed E-state index contributed by atoms with van der Waals surface area (Å²) >= 11 is 0. The average molecular weight is 318 g/mol. The second-order valence-corrected chi connectivity index (χ2v) is 5.67. The van der Waals surface area contributed by atoms with Crippen LogP contribution in [0.2, 0.25) is 0 Å². The summed E-state index contributed by atoms with van der Waals surface area (Å²) in [5, 5.41) is 3.47. The summed E-state index contributed by atoms with van der Waals surface area (Å²) in [6.45, 7) is 0. The number of hydrogen-bond donors (Lipinski definition) is 1. The van der Waals surface area contributed by atoms with Gasteiger partial charge in [0.15, 0.2) is 0 Å². The van der Waals surface area contributed by atoms with Crippen LogP contribution in [-0.4, -0.2) is 18.8 Å². The molecule has 1 heterocycles. The molecule has 4 rings (SSSR count). The molecule has 0 saturated carbocycles. The van der Waals surface area contributed by atoms with E-state index in [4.69, 9.17) is 15.2 Å². The topological polar surface area (TPSA) is 49.4 Å². The molecule has 4 aromatic rings. The van der Waals surface area contributed by atoms with Crippen LogP contribution >= 0.6 is 0 Å². The molecule has 0 aliphatic rings. The van der Waals surface area contributed by atoms with Gasteiger partial charge in [-0.3, -0.25) is 0 Å². The van der Waals surface area contributed by atoms with Gasteiger partial charge in [-0.1, -0.05) is 24.3 Å². The molecule has 24 heavy (non-hydrogen) atoms. The van der Waals surface area contributed by atoms with Gasteiger partial charge in [-0.15, -0.1) is 0 Å². The van der Waals surface area contributed by atoms with E-state index >= 15 is 0 Å². The van der Waals surface area contributed by atoms with Crippen LogP contribution in [0, 0.1) is 0 Å². The first kappa shape index (κ1) is 14.5. The van der Waals surface area contributed by atoms with Crippen LogP contribution in [0.4, 0.5) is 5.69 Å². The molecule has 2 N–H and O–H groups in total. The second-order valence-electron chi connectivity index (χ2n) is 5.67. The highest BCUT2D eigenvalue weighted by Gasteiger charge is 2.12. The molecular weight excluding hydrogens is 300 g/mol. The molecule has 4 heteroatoms. The number of aromatic nitrogens is 1. The van der Waals surface area contributed by atoms with E-state index in [1.54, 1.807) is 14.2 Å². The van der Waals surface area contributed by atoms with Crippen molar-refractivity contribution in [3.05, 3.63) is 60.8 Å². The second kappa shape index (κ2) is 5.49. The van der Waals surface area contributed by atoms with Crippen molar-refractivity contribution < 1.29 is 9.47 Å². The molecule has 0 spiro atoms. The highest BCUT2D eigenvalue weighted by Crippen LogP contribution is 2.35. The van der Waals surface area contributed by atoms with Crippen molar-refractivity contribution in [2.24, 2.45) is 0 Å². The van der Waals surface area contributed by atoms with Crippen LogP contribution in [0.5, 0.6) is 11.5 Å². The SMILES string of the molecule is COc1cc(-n2ccc3c4ccccc4c(OC)cc32)ccc1N. The van der Waals surface area contributed by atoms with Crippen molar-refractivity contribution >= 4 is 27.4 Å². The normalized spacial score (nSPS) is 11.1. The first-order chi connectivity index (χ1) is 11.7. The summed E-state index contributed by atoms with van der Waals surface area (Å²) < 4.78 is 13.1. The third-order valence-corrected chi connectivity index (χ3v) is 4.39. The maximum atomic E-state index is 5.93. The number of benzene rings is 3. The Morgan fingerprint density at radius 3 is 2.29 bits per heavy atom. The summed E-state index contributed by atoms with van der Waals surface area (Å²) in [6, 6.07) is 18.3. The molecule has 0 unspecified atom stereocenters. The minimum Gasteiger partial charge on any atom is -0.496 e. The van der Waals surface area contributed by atoms with Gasteiger partial charge >= 0.3 is 0 Å². The fraction of sp³-hybridized carbons (Fsp3) is 0.100. The number of anilines is 1. The van der Waals surface area contributed by atoms with E-state index < -0.39 is 0 Å². The molecule has 0 fully saturated rings. The molecule has 0 aliphatic carbocycles. The molecule has 0 amide bonds. The maximum absolute atomic E-state index is 5.93. The minimum atomic E-state index is 0.626. The fourth-order valence-electron chi connectivity index (χ4n) is 3.20. The van der Waals surface area contributed by atoms with Gasteiger partial charge in [-0.2, -0.15) is 0 Å². The van der Waals surface area contributed by atoms with E-state index in [1.807, 2.05) is 30.3 Å². The number of rotatable bonds is 3. The first-order valence-corrected chi connectivity index (χ1v) is 7.73. The van der Waals surface area contributed by atoms with Gasteiger partial charge in [-0.05, 0) is 23.6 Å². The van der Waals surface area contributed by atoms with Crippen LogP contribution in [0.1, 0.15) is 0 Å². The monoisotopic (exact) mass is 318 g/mol. The van der Waals surface area contributed by atoms with Crippen LogP contribution in [0.3, 0.4) is 0 Å². The van der Waals surface area contributed by atoms with Gasteiger partial charge in [0.1, 0.15) is 11.5 Å². The van der Waals surface area contributed by atoms with E-state index in [1.165, 1.54) is 10.8 Å². The van der Waals surface area contributed by atoms with Gasteiger partial charge in [0.25, 0.3) is 0 Å². The zero-order valence-corrected chi connectivity index (χ0v) is 13.6. The largest absolute Gasteiger partial charge is 0.496 e. The Bertz CT molecular complexity index is 1050. The first-order valence-electron chi connectivity index (χ1n) is 7.73.